The van der Waals surface area contributed by atoms with Crippen molar-refractivity contribution in [2.45, 2.75) is 234 Å². The third kappa shape index (κ3) is 18.1. The van der Waals surface area contributed by atoms with Crippen molar-refractivity contribution in [1.82, 2.24) is 10.2 Å². The topological polar surface area (TPSA) is 69.3 Å². The molecule has 0 aromatic heterocycles. The zero-order chi connectivity index (χ0) is 47.0. The van der Waals surface area contributed by atoms with Crippen LogP contribution in [0.1, 0.15) is 222 Å². The summed E-state index contributed by atoms with van der Waals surface area (Å²) in [7, 11) is 0. The average Bonchev–Trinajstić information content (AvgIpc) is 3.65. The van der Waals surface area contributed by atoms with Gasteiger partial charge in [0.25, 0.3) is 0 Å². The van der Waals surface area contributed by atoms with Gasteiger partial charge in [0.15, 0.2) is 0 Å². The summed E-state index contributed by atoms with van der Waals surface area (Å²) in [6.45, 7) is 23.8. The first-order valence-corrected chi connectivity index (χ1v) is 28.8. The van der Waals surface area contributed by atoms with Crippen molar-refractivity contribution < 1.29 is 23.7 Å². The van der Waals surface area contributed by atoms with E-state index in [1.165, 1.54) is 148 Å². The van der Waals surface area contributed by atoms with Crippen LogP contribution in [0.2, 0.25) is 0 Å². The largest absolute Gasteiger partial charge is 0.446 e. The number of fused-ring (bicyclic) bond motifs is 5. The van der Waals surface area contributed by atoms with Crippen molar-refractivity contribution in [2.24, 2.45) is 52.3 Å². The molecule has 5 rings (SSSR count). The lowest BCUT2D eigenvalue weighted by molar-refractivity contribution is -0.0584. The highest BCUT2D eigenvalue weighted by atomic mass is 16.6. The predicted octanol–water partition coefficient (Wildman–Crippen LogP) is 15.3. The molecule has 0 aromatic rings. The molecule has 3 saturated carbocycles. The maximum Gasteiger partial charge on any atom is 0.407 e. The van der Waals surface area contributed by atoms with Crippen LogP contribution in [0.15, 0.2) is 23.8 Å². The van der Waals surface area contributed by atoms with E-state index in [2.05, 4.69) is 76.9 Å². The molecule has 5 unspecified atom stereocenters. The molecule has 10 atom stereocenters. The zero-order valence-electron chi connectivity index (χ0n) is 44.4. The minimum absolute atomic E-state index is 0.0319. The fraction of sp³-hybridized carbons (Fsp3) is 0.915. The molecule has 0 bridgehead atoms. The van der Waals surface area contributed by atoms with Crippen LogP contribution >= 0.6 is 0 Å². The number of rotatable bonds is 33. The quantitative estimate of drug-likeness (QED) is 0.0522. The van der Waals surface area contributed by atoms with Gasteiger partial charge in [0.05, 0.1) is 32.5 Å². The standard InChI is InChI=1S/C59H106N2O5/c1-8-9-10-11-12-13-14-15-16-17-18-19-20-21-22-23-39-64-46-52(45-61-38-25-27-48(4)44-61)65-42-41-63-40-37-60-57(62)66-51-33-35-58(6)50(43-51)29-30-53-55-32-31-54(49(5)28-24-26-47(2)3)59(55,7)36-34-56(53)58/h15-16,29,47-49,51-56H,8-14,17-28,30-46H2,1-7H3,(H,60,62)/b16-15-/t48?,49-,51-,52?,53?,54+,55-,56-,58?,59?/m0/s1. The summed E-state index contributed by atoms with van der Waals surface area (Å²) in [5.74, 6) is 5.79. The van der Waals surface area contributed by atoms with Crippen molar-refractivity contribution in [1.29, 1.82) is 0 Å². The lowest BCUT2D eigenvalue weighted by atomic mass is 9.47. The Labute approximate surface area is 407 Å². The second kappa shape index (κ2) is 30.4. The Morgan fingerprint density at radius 1 is 0.803 bits per heavy atom. The smallest absolute Gasteiger partial charge is 0.407 e. The van der Waals surface area contributed by atoms with Gasteiger partial charge in [-0.1, -0.05) is 149 Å². The maximum atomic E-state index is 13.0. The molecule has 4 fully saturated rings. The molecule has 1 saturated heterocycles. The van der Waals surface area contributed by atoms with Crippen molar-refractivity contribution in [2.75, 3.05) is 59.2 Å². The first-order valence-electron chi connectivity index (χ1n) is 28.8. The highest BCUT2D eigenvalue weighted by molar-refractivity contribution is 5.67. The fourth-order valence-electron chi connectivity index (χ4n) is 14.1. The Kier molecular flexibility index (Phi) is 25.5. The summed E-state index contributed by atoms with van der Waals surface area (Å²) in [5, 5.41) is 2.98. The monoisotopic (exact) mass is 923 g/mol. The third-order valence-electron chi connectivity index (χ3n) is 17.9. The van der Waals surface area contributed by atoms with E-state index >= 15 is 0 Å². The van der Waals surface area contributed by atoms with Crippen molar-refractivity contribution in [3.05, 3.63) is 23.8 Å². The van der Waals surface area contributed by atoms with Gasteiger partial charge in [-0.15, -0.1) is 0 Å². The summed E-state index contributed by atoms with van der Waals surface area (Å²) in [6, 6.07) is 0. The van der Waals surface area contributed by atoms with Gasteiger partial charge in [-0.2, -0.15) is 0 Å². The van der Waals surface area contributed by atoms with Crippen LogP contribution in [-0.4, -0.2) is 82.4 Å². The normalized spacial score (nSPS) is 29.9. The van der Waals surface area contributed by atoms with E-state index in [-0.39, 0.29) is 23.7 Å². The summed E-state index contributed by atoms with van der Waals surface area (Å²) in [5.41, 5.74) is 2.36. The summed E-state index contributed by atoms with van der Waals surface area (Å²) < 4.78 is 24.6. The van der Waals surface area contributed by atoms with Gasteiger partial charge in [0.2, 0.25) is 0 Å². The number of nitrogens with one attached hydrogen (secondary N) is 1. The molecule has 0 radical (unpaired) electrons. The van der Waals surface area contributed by atoms with Gasteiger partial charge in [0, 0.05) is 32.7 Å². The van der Waals surface area contributed by atoms with E-state index in [4.69, 9.17) is 18.9 Å². The van der Waals surface area contributed by atoms with E-state index in [0.717, 1.165) is 93.3 Å². The van der Waals surface area contributed by atoms with Gasteiger partial charge in [-0.25, -0.2) is 4.79 Å². The highest BCUT2D eigenvalue weighted by Crippen LogP contribution is 2.67. The molecule has 1 heterocycles. The van der Waals surface area contributed by atoms with E-state index < -0.39 is 0 Å². The molecule has 1 aliphatic heterocycles. The number of unbranched alkanes of at least 4 members (excludes halogenated alkanes) is 12. The minimum atomic E-state index is -0.305. The lowest BCUT2D eigenvalue weighted by Gasteiger charge is -2.58. The molecule has 1 N–H and O–H groups in total. The number of hydrogen-bond donors (Lipinski definition) is 1. The van der Waals surface area contributed by atoms with Crippen LogP contribution in [0.4, 0.5) is 4.79 Å². The molecule has 0 spiro atoms. The number of piperidine rings is 1. The Morgan fingerprint density at radius 3 is 2.29 bits per heavy atom. The van der Waals surface area contributed by atoms with Crippen LogP contribution in [0.25, 0.3) is 0 Å². The Balaban J connectivity index is 0.910. The van der Waals surface area contributed by atoms with Gasteiger partial charge in [0.1, 0.15) is 6.10 Å². The first-order chi connectivity index (χ1) is 32.0. The molecule has 4 aliphatic carbocycles. The molecule has 66 heavy (non-hydrogen) atoms. The minimum Gasteiger partial charge on any atom is -0.446 e. The van der Waals surface area contributed by atoms with E-state index in [1.807, 2.05) is 0 Å². The SMILES string of the molecule is CCCCCCCC/C=C\CCCCCCCCOCC(CN1CCCC(C)C1)OCCOCCNC(=O)O[C@H]1CCC2(C)C(=CCC3[C@@H]2CCC2(C)[C@@H]([C@@H](C)CCCC(C)C)CC[C@@H]32)C1. The fourth-order valence-corrected chi connectivity index (χ4v) is 14.1. The molecular formula is C59H106N2O5. The van der Waals surface area contributed by atoms with Crippen molar-refractivity contribution >= 4 is 6.09 Å². The van der Waals surface area contributed by atoms with E-state index in [9.17, 15) is 4.79 Å². The second-order valence-electron chi connectivity index (χ2n) is 23.6. The molecular weight excluding hydrogens is 817 g/mol. The van der Waals surface area contributed by atoms with Gasteiger partial charge in [-0.3, -0.25) is 0 Å². The first kappa shape index (κ1) is 55.5. The number of nitrogens with zero attached hydrogens (tertiary/aromatic N) is 1. The number of carbonyl (C=O) groups is 1. The zero-order valence-corrected chi connectivity index (χ0v) is 44.4. The van der Waals surface area contributed by atoms with Crippen LogP contribution in [0.5, 0.6) is 0 Å². The number of hydrogen-bond acceptors (Lipinski definition) is 6. The number of likely N-dealkylation sites (tertiary alicyclic amines) is 1. The number of ether oxygens (including phenoxy) is 4. The average molecular weight is 924 g/mol. The Bertz CT molecular complexity index is 1380. The maximum absolute atomic E-state index is 13.0. The summed E-state index contributed by atoms with van der Waals surface area (Å²) in [4.78, 5) is 15.5. The van der Waals surface area contributed by atoms with Crippen molar-refractivity contribution in [3.8, 4) is 0 Å². The van der Waals surface area contributed by atoms with Gasteiger partial charge < -0.3 is 29.2 Å². The highest BCUT2D eigenvalue weighted by Gasteiger charge is 2.59. The molecule has 7 nitrogen and oxygen atoms in total. The van der Waals surface area contributed by atoms with Crippen LogP contribution in [0, 0.1) is 52.3 Å². The Hall–Kier alpha value is -1.41. The lowest BCUT2D eigenvalue weighted by Crippen LogP contribution is -2.51. The third-order valence-corrected chi connectivity index (χ3v) is 17.9. The van der Waals surface area contributed by atoms with E-state index in [0.29, 0.717) is 38.4 Å². The molecule has 1 amide bonds. The molecule has 0 aromatic carbocycles. The molecule has 382 valence electrons. The molecule has 5 aliphatic rings. The molecule has 7 heteroatoms. The van der Waals surface area contributed by atoms with Crippen molar-refractivity contribution in [3.63, 3.8) is 0 Å². The van der Waals surface area contributed by atoms with Crippen LogP contribution < -0.4 is 5.32 Å². The Morgan fingerprint density at radius 2 is 1.55 bits per heavy atom. The number of amides is 1. The summed E-state index contributed by atoms with van der Waals surface area (Å²) in [6.07, 6.45) is 42.3. The number of alkyl carbamates (subject to hydrolysis) is 1. The second-order valence-corrected chi connectivity index (χ2v) is 23.6. The van der Waals surface area contributed by atoms with Crippen LogP contribution in [0.3, 0.4) is 0 Å². The summed E-state index contributed by atoms with van der Waals surface area (Å²) >= 11 is 0. The van der Waals surface area contributed by atoms with Gasteiger partial charge in [-0.05, 0) is 149 Å². The van der Waals surface area contributed by atoms with Gasteiger partial charge >= 0.3 is 6.09 Å². The number of allylic oxidation sites excluding steroid dienone is 3. The van der Waals surface area contributed by atoms with Crippen LogP contribution in [-0.2, 0) is 18.9 Å². The van der Waals surface area contributed by atoms with E-state index in [1.54, 1.807) is 5.57 Å². The number of carbonyl (C=O) groups excluding carboxylic acids is 1. The predicted molar refractivity (Wildman–Crippen MR) is 277 cm³/mol.